The number of rotatable bonds is 6. The highest BCUT2D eigenvalue weighted by atomic mass is 79.9. The lowest BCUT2D eigenvalue weighted by molar-refractivity contribution is -0.122. The number of pyridine rings is 1. The Kier molecular flexibility index (Phi) is 6.52. The lowest BCUT2D eigenvalue weighted by Crippen LogP contribution is -2.34. The molecule has 7 heteroatoms. The molecule has 1 heterocycles. The number of halogens is 1. The van der Waals surface area contributed by atoms with E-state index >= 15 is 0 Å². The number of hydrogen-bond donors (Lipinski definition) is 2. The Balaban J connectivity index is 2.06. The van der Waals surface area contributed by atoms with Crippen molar-refractivity contribution < 1.29 is 9.59 Å². The molecule has 1 aromatic carbocycles. The van der Waals surface area contributed by atoms with E-state index in [4.69, 9.17) is 0 Å². The molecule has 0 bridgehead atoms. The van der Waals surface area contributed by atoms with Crippen molar-refractivity contribution in [1.82, 2.24) is 9.88 Å². The minimum Gasteiger partial charge on any atom is -0.350 e. The van der Waals surface area contributed by atoms with E-state index < -0.39 is 0 Å². The van der Waals surface area contributed by atoms with Crippen molar-refractivity contribution in [2.24, 2.45) is 0 Å². The maximum absolute atomic E-state index is 12.5. The van der Waals surface area contributed by atoms with Gasteiger partial charge in [0.25, 0.3) is 5.56 Å². The van der Waals surface area contributed by atoms with E-state index in [0.717, 1.165) is 10.0 Å². The van der Waals surface area contributed by atoms with Gasteiger partial charge in [0.15, 0.2) is 0 Å². The Hall–Kier alpha value is -2.41. The van der Waals surface area contributed by atoms with E-state index in [0.29, 0.717) is 12.2 Å². The maximum atomic E-state index is 12.5. The van der Waals surface area contributed by atoms with Crippen molar-refractivity contribution in [3.05, 3.63) is 62.5 Å². The number of benzene rings is 1. The van der Waals surface area contributed by atoms with E-state index in [1.54, 1.807) is 26.0 Å². The van der Waals surface area contributed by atoms with E-state index in [9.17, 15) is 14.4 Å². The third-order valence-corrected chi connectivity index (χ3v) is 4.22. The van der Waals surface area contributed by atoms with Gasteiger partial charge in [-0.2, -0.15) is 0 Å². The average Bonchev–Trinajstić information content (AvgIpc) is 2.60. The number of aromatic nitrogens is 1. The van der Waals surface area contributed by atoms with Gasteiger partial charge >= 0.3 is 0 Å². The number of carbonyl (C=O) groups excluding carboxylic acids is 2. The van der Waals surface area contributed by atoms with Gasteiger partial charge in [0.2, 0.25) is 11.8 Å². The predicted octanol–water partition coefficient (Wildman–Crippen LogP) is 2.58. The van der Waals surface area contributed by atoms with Crippen LogP contribution in [0.25, 0.3) is 0 Å². The molecule has 1 aromatic heterocycles. The van der Waals surface area contributed by atoms with E-state index in [1.807, 2.05) is 24.3 Å². The Morgan fingerprint density at radius 1 is 1.08 bits per heavy atom. The van der Waals surface area contributed by atoms with Gasteiger partial charge in [0.1, 0.15) is 12.2 Å². The van der Waals surface area contributed by atoms with Crippen LogP contribution in [0.3, 0.4) is 0 Å². The molecule has 0 aliphatic carbocycles. The van der Waals surface area contributed by atoms with Gasteiger partial charge in [-0.1, -0.05) is 35.0 Å². The first kappa shape index (κ1) is 18.9. The van der Waals surface area contributed by atoms with Gasteiger partial charge in [0, 0.05) is 23.1 Å². The fraction of sp³-hybridized carbons (Fsp3) is 0.278. The smallest absolute Gasteiger partial charge is 0.274 e. The van der Waals surface area contributed by atoms with Crippen molar-refractivity contribution in [2.45, 2.75) is 33.4 Å². The zero-order valence-corrected chi connectivity index (χ0v) is 15.7. The van der Waals surface area contributed by atoms with Crippen LogP contribution in [0.1, 0.15) is 24.6 Å². The first-order valence-corrected chi connectivity index (χ1v) is 8.71. The standard InChI is InChI=1S/C18H20BrN3O3/c1-3-16(23)21-15-9-4-12(2)22(18(15)25)11-17(24)20-10-13-5-7-14(19)8-6-13/h4-9H,3,10-11H2,1-2H3,(H,20,24)(H,21,23). The number of amides is 2. The number of carbonyl (C=O) groups is 2. The minimum atomic E-state index is -0.388. The Morgan fingerprint density at radius 3 is 2.40 bits per heavy atom. The molecule has 0 saturated carbocycles. The molecular formula is C18H20BrN3O3. The Morgan fingerprint density at radius 2 is 1.76 bits per heavy atom. The Bertz CT molecular complexity index is 828. The van der Waals surface area contributed by atoms with Crippen molar-refractivity contribution in [3.63, 3.8) is 0 Å². The molecular weight excluding hydrogens is 386 g/mol. The summed E-state index contributed by atoms with van der Waals surface area (Å²) in [4.78, 5) is 36.1. The monoisotopic (exact) mass is 405 g/mol. The van der Waals surface area contributed by atoms with E-state index in [1.165, 1.54) is 4.57 Å². The van der Waals surface area contributed by atoms with Crippen LogP contribution >= 0.6 is 15.9 Å². The highest BCUT2D eigenvalue weighted by Gasteiger charge is 2.11. The molecule has 132 valence electrons. The zero-order valence-electron chi connectivity index (χ0n) is 14.1. The summed E-state index contributed by atoms with van der Waals surface area (Å²) in [5.41, 5.74) is 1.40. The quantitative estimate of drug-likeness (QED) is 0.774. The summed E-state index contributed by atoms with van der Waals surface area (Å²) < 4.78 is 2.32. The summed E-state index contributed by atoms with van der Waals surface area (Å²) in [5.74, 6) is -0.515. The highest BCUT2D eigenvalue weighted by Crippen LogP contribution is 2.10. The van der Waals surface area contributed by atoms with Crippen LogP contribution in [0.2, 0.25) is 0 Å². The van der Waals surface area contributed by atoms with Crippen molar-refractivity contribution in [1.29, 1.82) is 0 Å². The average molecular weight is 406 g/mol. The first-order chi connectivity index (χ1) is 11.9. The molecule has 0 radical (unpaired) electrons. The molecule has 0 aliphatic rings. The lowest BCUT2D eigenvalue weighted by Gasteiger charge is -2.13. The summed E-state index contributed by atoms with van der Waals surface area (Å²) in [6.07, 6.45) is 0.279. The predicted molar refractivity (Wildman–Crippen MR) is 100 cm³/mol. The third-order valence-electron chi connectivity index (χ3n) is 3.69. The SMILES string of the molecule is CCC(=O)Nc1ccc(C)n(CC(=O)NCc2ccc(Br)cc2)c1=O. The molecule has 6 nitrogen and oxygen atoms in total. The second kappa shape index (κ2) is 8.62. The summed E-state index contributed by atoms with van der Waals surface area (Å²) in [6.45, 7) is 3.73. The summed E-state index contributed by atoms with van der Waals surface area (Å²) in [6, 6.07) is 10.9. The van der Waals surface area contributed by atoms with Crippen LogP contribution in [0.4, 0.5) is 5.69 Å². The fourth-order valence-electron chi connectivity index (χ4n) is 2.20. The van der Waals surface area contributed by atoms with Gasteiger partial charge in [0.05, 0.1) is 0 Å². The third kappa shape index (κ3) is 5.29. The fourth-order valence-corrected chi connectivity index (χ4v) is 2.47. The molecule has 0 fully saturated rings. The van der Waals surface area contributed by atoms with E-state index in [-0.39, 0.29) is 36.0 Å². The molecule has 0 aliphatic heterocycles. The molecule has 2 amide bonds. The second-order valence-electron chi connectivity index (χ2n) is 5.58. The van der Waals surface area contributed by atoms with Crippen LogP contribution in [0, 0.1) is 6.92 Å². The molecule has 2 rings (SSSR count). The molecule has 0 unspecified atom stereocenters. The van der Waals surface area contributed by atoms with Crippen LogP contribution < -0.4 is 16.2 Å². The zero-order chi connectivity index (χ0) is 18.4. The number of nitrogens with one attached hydrogen (secondary N) is 2. The topological polar surface area (TPSA) is 80.2 Å². The van der Waals surface area contributed by atoms with Gasteiger partial charge < -0.3 is 15.2 Å². The number of aryl methyl sites for hydroxylation is 1. The van der Waals surface area contributed by atoms with Crippen LogP contribution in [0.15, 0.2) is 45.7 Å². The first-order valence-electron chi connectivity index (χ1n) is 7.92. The summed E-state index contributed by atoms with van der Waals surface area (Å²) in [5, 5.41) is 5.35. The van der Waals surface area contributed by atoms with Gasteiger partial charge in [-0.3, -0.25) is 14.4 Å². The molecule has 0 spiro atoms. The Labute approximate surface area is 154 Å². The second-order valence-corrected chi connectivity index (χ2v) is 6.50. The molecule has 2 aromatic rings. The molecule has 0 saturated heterocycles. The number of hydrogen-bond acceptors (Lipinski definition) is 3. The molecule has 2 N–H and O–H groups in total. The van der Waals surface area contributed by atoms with Gasteiger partial charge in [-0.25, -0.2) is 0 Å². The number of nitrogens with zero attached hydrogens (tertiary/aromatic N) is 1. The lowest BCUT2D eigenvalue weighted by atomic mass is 10.2. The number of anilines is 1. The van der Waals surface area contributed by atoms with Crippen LogP contribution in [-0.4, -0.2) is 16.4 Å². The van der Waals surface area contributed by atoms with Crippen molar-refractivity contribution >= 4 is 33.4 Å². The van der Waals surface area contributed by atoms with Gasteiger partial charge in [-0.15, -0.1) is 0 Å². The molecule has 25 heavy (non-hydrogen) atoms. The van der Waals surface area contributed by atoms with Crippen molar-refractivity contribution in [2.75, 3.05) is 5.32 Å². The van der Waals surface area contributed by atoms with Crippen molar-refractivity contribution in [3.8, 4) is 0 Å². The molecule has 0 atom stereocenters. The summed E-state index contributed by atoms with van der Waals surface area (Å²) >= 11 is 3.36. The van der Waals surface area contributed by atoms with E-state index in [2.05, 4.69) is 26.6 Å². The van der Waals surface area contributed by atoms with Gasteiger partial charge in [-0.05, 0) is 36.8 Å². The summed E-state index contributed by atoms with van der Waals surface area (Å²) in [7, 11) is 0. The normalized spacial score (nSPS) is 10.4. The van der Waals surface area contributed by atoms with Crippen LogP contribution in [0.5, 0.6) is 0 Å². The minimum absolute atomic E-state index is 0.100. The largest absolute Gasteiger partial charge is 0.350 e. The maximum Gasteiger partial charge on any atom is 0.274 e. The highest BCUT2D eigenvalue weighted by molar-refractivity contribution is 9.10. The van der Waals surface area contributed by atoms with Crippen LogP contribution in [-0.2, 0) is 22.7 Å².